The van der Waals surface area contributed by atoms with Crippen LogP contribution in [0.15, 0.2) is 206 Å². The molecule has 0 atom stereocenters. The van der Waals surface area contributed by atoms with Gasteiger partial charge in [-0.2, -0.15) is 0 Å². The minimum atomic E-state index is -0.466. The van der Waals surface area contributed by atoms with E-state index in [2.05, 4.69) is 0 Å². The Morgan fingerprint density at radius 1 is 0.214 bits per heavy atom. The predicted molar refractivity (Wildman–Crippen MR) is 275 cm³/mol. The maximum atomic E-state index is 12.2. The summed E-state index contributed by atoms with van der Waals surface area (Å²) in [6, 6.07) is 59.3. The molecule has 348 valence electrons. The molecule has 0 aliphatic rings. The molecular formula is C62H52O8. The highest BCUT2D eigenvalue weighted by atomic mass is 16.2. The Bertz CT molecular complexity index is 2920. The standard InChI is InChI=1S/3C16H14O2.C14H10O2/c1-11-3-7-13(8-4-11)15(17)16(18)14-9-5-12(2)6-10-14;2*1-11-7-6-10-14(12(11)2)16(18)15(17)13-8-4-3-5-9-13;15-13(11-7-3-1-4-8-11)14(16)12-9-5-2-6-10-12/h3*3-10H,1-2H3;1-10H. The monoisotopic (exact) mass is 924 g/mol. The van der Waals surface area contributed by atoms with Crippen molar-refractivity contribution in [2.45, 2.75) is 41.5 Å². The summed E-state index contributed by atoms with van der Waals surface area (Å²) in [4.78, 5) is 96.0. The van der Waals surface area contributed by atoms with Crippen LogP contribution in [-0.4, -0.2) is 46.3 Å². The number of aryl methyl sites for hydroxylation is 4. The van der Waals surface area contributed by atoms with Gasteiger partial charge in [0.15, 0.2) is 0 Å². The molecule has 8 aromatic rings. The van der Waals surface area contributed by atoms with Crippen LogP contribution in [0.5, 0.6) is 0 Å². The Hall–Kier alpha value is -8.88. The summed E-state index contributed by atoms with van der Waals surface area (Å²) in [6.45, 7) is 11.5. The molecule has 8 rings (SSSR count). The Labute approximate surface area is 408 Å². The van der Waals surface area contributed by atoms with E-state index in [0.29, 0.717) is 44.5 Å². The molecule has 8 heteroatoms. The molecule has 0 saturated carbocycles. The molecule has 0 saturated heterocycles. The van der Waals surface area contributed by atoms with Crippen molar-refractivity contribution in [3.63, 3.8) is 0 Å². The lowest BCUT2D eigenvalue weighted by Gasteiger charge is -2.06. The Morgan fingerprint density at radius 3 is 0.671 bits per heavy atom. The minimum absolute atomic E-state index is 0.427. The summed E-state index contributed by atoms with van der Waals surface area (Å²) in [5.41, 5.74) is 9.47. The summed E-state index contributed by atoms with van der Waals surface area (Å²) in [5.74, 6) is -3.64. The van der Waals surface area contributed by atoms with Crippen LogP contribution in [0.2, 0.25) is 0 Å². The third-order valence-corrected chi connectivity index (χ3v) is 11.3. The van der Waals surface area contributed by atoms with E-state index in [1.165, 1.54) is 0 Å². The molecule has 70 heavy (non-hydrogen) atoms. The van der Waals surface area contributed by atoms with Crippen LogP contribution in [0, 0.1) is 41.5 Å². The largest absolute Gasteiger partial charge is 0.285 e. The lowest BCUT2D eigenvalue weighted by Crippen LogP contribution is -2.15. The second kappa shape index (κ2) is 25.3. The average molecular weight is 925 g/mol. The average Bonchev–Trinajstić information content (AvgIpc) is 3.40. The number of carbonyl (C=O) groups excluding carboxylic acids is 8. The maximum Gasteiger partial charge on any atom is 0.233 e. The first kappa shape index (κ1) is 52.1. The minimum Gasteiger partial charge on any atom is -0.285 e. The lowest BCUT2D eigenvalue weighted by atomic mass is 9.95. The summed E-state index contributed by atoms with van der Waals surface area (Å²) in [6.07, 6.45) is 0. The highest BCUT2D eigenvalue weighted by Gasteiger charge is 2.22. The summed E-state index contributed by atoms with van der Waals surface area (Å²) in [7, 11) is 0. The van der Waals surface area contributed by atoms with Gasteiger partial charge >= 0.3 is 0 Å². The third kappa shape index (κ3) is 14.1. The molecule has 0 fully saturated rings. The fraction of sp³-hybridized carbons (Fsp3) is 0.0968. The molecule has 0 aliphatic carbocycles. The summed E-state index contributed by atoms with van der Waals surface area (Å²) >= 11 is 0. The topological polar surface area (TPSA) is 137 Å². The van der Waals surface area contributed by atoms with Gasteiger partial charge in [-0.1, -0.05) is 217 Å². The van der Waals surface area contributed by atoms with E-state index in [4.69, 9.17) is 0 Å². The van der Waals surface area contributed by atoms with Crippen molar-refractivity contribution in [2.24, 2.45) is 0 Å². The normalized spacial score (nSPS) is 10.0. The van der Waals surface area contributed by atoms with E-state index in [1.807, 2.05) is 102 Å². The van der Waals surface area contributed by atoms with Gasteiger partial charge in [-0.3, -0.25) is 38.4 Å². The fourth-order valence-corrected chi connectivity index (χ4v) is 6.79. The quantitative estimate of drug-likeness (QED) is 0.0872. The van der Waals surface area contributed by atoms with Crippen molar-refractivity contribution in [1.82, 2.24) is 0 Å². The lowest BCUT2D eigenvalue weighted by molar-refractivity contribution is 0.0816. The maximum absolute atomic E-state index is 12.2. The SMILES string of the molecule is Cc1ccc(C(=O)C(=O)c2ccc(C)cc2)cc1.Cc1cccc(C(=O)C(=O)c2ccccc2)c1C.Cc1cccc(C(=O)C(=O)c2ccccc2)c1C.O=C(C(=O)c1ccccc1)c1ccccc1. The highest BCUT2D eigenvalue weighted by molar-refractivity contribution is 6.51. The van der Waals surface area contributed by atoms with Gasteiger partial charge in [-0.25, -0.2) is 0 Å². The molecule has 0 amide bonds. The fourth-order valence-electron chi connectivity index (χ4n) is 6.79. The van der Waals surface area contributed by atoms with Crippen molar-refractivity contribution < 1.29 is 38.4 Å². The molecule has 0 spiro atoms. The second-order valence-corrected chi connectivity index (χ2v) is 16.3. The number of hydrogen-bond acceptors (Lipinski definition) is 8. The van der Waals surface area contributed by atoms with Crippen molar-refractivity contribution in [3.05, 3.63) is 284 Å². The van der Waals surface area contributed by atoms with Crippen molar-refractivity contribution in [2.75, 3.05) is 0 Å². The van der Waals surface area contributed by atoms with E-state index in [9.17, 15) is 38.4 Å². The van der Waals surface area contributed by atoms with E-state index in [1.54, 1.807) is 146 Å². The van der Waals surface area contributed by atoms with Crippen LogP contribution < -0.4 is 0 Å². The second-order valence-electron chi connectivity index (χ2n) is 16.3. The molecule has 0 N–H and O–H groups in total. The van der Waals surface area contributed by atoms with Gasteiger partial charge in [0.2, 0.25) is 46.3 Å². The van der Waals surface area contributed by atoms with Gasteiger partial charge in [0.1, 0.15) is 0 Å². The molecule has 8 aromatic carbocycles. The zero-order valence-electron chi connectivity index (χ0n) is 39.9. The highest BCUT2D eigenvalue weighted by Crippen LogP contribution is 2.18. The molecule has 0 aromatic heterocycles. The Morgan fingerprint density at radius 2 is 0.429 bits per heavy atom. The first-order chi connectivity index (χ1) is 33.6. The molecule has 0 radical (unpaired) electrons. The van der Waals surface area contributed by atoms with E-state index in [0.717, 1.165) is 33.4 Å². The smallest absolute Gasteiger partial charge is 0.233 e. The van der Waals surface area contributed by atoms with Gasteiger partial charge < -0.3 is 0 Å². The predicted octanol–water partition coefficient (Wildman–Crippen LogP) is 12.9. The van der Waals surface area contributed by atoms with E-state index >= 15 is 0 Å². The zero-order valence-corrected chi connectivity index (χ0v) is 39.9. The van der Waals surface area contributed by atoms with Crippen molar-refractivity contribution >= 4 is 46.3 Å². The van der Waals surface area contributed by atoms with Gasteiger partial charge in [0.05, 0.1) is 0 Å². The van der Waals surface area contributed by atoms with Gasteiger partial charge in [0.25, 0.3) is 0 Å². The van der Waals surface area contributed by atoms with E-state index < -0.39 is 46.3 Å². The summed E-state index contributed by atoms with van der Waals surface area (Å²) in [5, 5.41) is 0. The van der Waals surface area contributed by atoms with Gasteiger partial charge in [-0.15, -0.1) is 0 Å². The number of carbonyl (C=O) groups is 8. The van der Waals surface area contributed by atoms with Crippen molar-refractivity contribution in [3.8, 4) is 0 Å². The summed E-state index contributed by atoms with van der Waals surface area (Å²) < 4.78 is 0. The van der Waals surface area contributed by atoms with Crippen LogP contribution in [-0.2, 0) is 0 Å². The van der Waals surface area contributed by atoms with Gasteiger partial charge in [0, 0.05) is 44.5 Å². The number of rotatable bonds is 12. The number of Topliss-reactive ketones (excluding diaryl/α,β-unsaturated/α-hetero) is 8. The molecule has 0 bridgehead atoms. The molecule has 0 heterocycles. The third-order valence-electron chi connectivity index (χ3n) is 11.3. The number of ketones is 8. The first-order valence-corrected chi connectivity index (χ1v) is 22.4. The van der Waals surface area contributed by atoms with Crippen molar-refractivity contribution in [1.29, 1.82) is 0 Å². The Kier molecular flexibility index (Phi) is 18.8. The van der Waals surface area contributed by atoms with Crippen LogP contribution in [0.4, 0.5) is 0 Å². The molecule has 0 aliphatic heterocycles. The molecular weight excluding hydrogens is 873 g/mol. The van der Waals surface area contributed by atoms with E-state index in [-0.39, 0.29) is 0 Å². The first-order valence-electron chi connectivity index (χ1n) is 22.4. The van der Waals surface area contributed by atoms with Crippen LogP contribution in [0.1, 0.15) is 116 Å². The Balaban J connectivity index is 0.000000174. The van der Waals surface area contributed by atoms with Gasteiger partial charge in [-0.05, 0) is 63.8 Å². The molecule has 8 nitrogen and oxygen atoms in total. The van der Waals surface area contributed by atoms with Crippen LogP contribution in [0.25, 0.3) is 0 Å². The number of benzene rings is 8. The molecule has 0 unspecified atom stereocenters. The number of hydrogen-bond donors (Lipinski definition) is 0. The van der Waals surface area contributed by atoms with Crippen LogP contribution >= 0.6 is 0 Å². The zero-order chi connectivity index (χ0) is 50.7. The van der Waals surface area contributed by atoms with Crippen LogP contribution in [0.3, 0.4) is 0 Å².